The van der Waals surface area contributed by atoms with Crippen LogP contribution in [0.15, 0.2) is 29.2 Å². The van der Waals surface area contributed by atoms with Crippen molar-refractivity contribution in [2.24, 2.45) is 0 Å². The summed E-state index contributed by atoms with van der Waals surface area (Å²) in [4.78, 5) is 11.9. The number of nitrogens with zero attached hydrogens (tertiary/aromatic N) is 1. The predicted octanol–water partition coefficient (Wildman–Crippen LogP) is 2.46. The highest BCUT2D eigenvalue weighted by Crippen LogP contribution is 2.20. The highest BCUT2D eigenvalue weighted by molar-refractivity contribution is 7.89. The fraction of sp³-hybridized carbons (Fsp3) is 0.588. The minimum atomic E-state index is -3.39. The molecule has 0 atom stereocenters. The molecule has 0 aromatic heterocycles. The van der Waals surface area contributed by atoms with Gasteiger partial charge in [-0.05, 0) is 37.0 Å². The molecule has 7 heteroatoms. The minimum absolute atomic E-state index is 0.200. The van der Waals surface area contributed by atoms with Gasteiger partial charge in [0.1, 0.15) is 0 Å². The van der Waals surface area contributed by atoms with E-state index in [9.17, 15) is 13.2 Å². The molecular weight excluding hydrogens is 326 g/mol. The zero-order valence-corrected chi connectivity index (χ0v) is 15.1. The molecule has 2 amide bonds. The molecule has 2 rings (SSSR count). The van der Waals surface area contributed by atoms with Crippen LogP contribution in [-0.2, 0) is 16.6 Å². The summed E-state index contributed by atoms with van der Waals surface area (Å²) in [6, 6.07) is 6.55. The molecule has 24 heavy (non-hydrogen) atoms. The van der Waals surface area contributed by atoms with Crippen LogP contribution in [0.4, 0.5) is 4.79 Å². The Morgan fingerprint density at radius 3 is 2.38 bits per heavy atom. The number of piperidine rings is 1. The molecule has 0 saturated carbocycles. The average Bonchev–Trinajstić information content (AvgIpc) is 2.61. The number of urea groups is 1. The number of rotatable bonds is 7. The van der Waals surface area contributed by atoms with Crippen molar-refractivity contribution in [3.8, 4) is 0 Å². The number of unbranched alkanes of at least 4 members (excludes halogenated alkanes) is 1. The first-order chi connectivity index (χ1) is 11.5. The molecule has 134 valence electrons. The van der Waals surface area contributed by atoms with Crippen molar-refractivity contribution < 1.29 is 13.2 Å². The second-order valence-electron chi connectivity index (χ2n) is 6.07. The number of amides is 2. The van der Waals surface area contributed by atoms with Crippen LogP contribution in [0.3, 0.4) is 0 Å². The maximum Gasteiger partial charge on any atom is 0.315 e. The lowest BCUT2D eigenvalue weighted by atomic mass is 10.2. The Morgan fingerprint density at radius 2 is 1.75 bits per heavy atom. The molecule has 1 fully saturated rings. The Kier molecular flexibility index (Phi) is 7.05. The van der Waals surface area contributed by atoms with Gasteiger partial charge in [-0.2, -0.15) is 4.31 Å². The summed E-state index contributed by atoms with van der Waals surface area (Å²) < 4.78 is 26.7. The van der Waals surface area contributed by atoms with Crippen LogP contribution in [0.5, 0.6) is 0 Å². The van der Waals surface area contributed by atoms with Crippen molar-refractivity contribution in [1.82, 2.24) is 14.9 Å². The molecule has 1 saturated heterocycles. The molecule has 1 heterocycles. The van der Waals surface area contributed by atoms with E-state index in [4.69, 9.17) is 0 Å². The maximum atomic E-state index is 12.6. The summed E-state index contributed by atoms with van der Waals surface area (Å²) in [6.07, 6.45) is 4.93. The van der Waals surface area contributed by atoms with Crippen LogP contribution in [0.1, 0.15) is 44.6 Å². The van der Waals surface area contributed by atoms with Gasteiger partial charge in [-0.25, -0.2) is 13.2 Å². The van der Waals surface area contributed by atoms with Gasteiger partial charge in [0.2, 0.25) is 10.0 Å². The van der Waals surface area contributed by atoms with Crippen molar-refractivity contribution in [3.05, 3.63) is 29.8 Å². The van der Waals surface area contributed by atoms with Crippen LogP contribution >= 0.6 is 0 Å². The number of benzene rings is 1. The van der Waals surface area contributed by atoms with Crippen molar-refractivity contribution in [2.45, 2.75) is 50.5 Å². The monoisotopic (exact) mass is 353 g/mol. The molecule has 6 nitrogen and oxygen atoms in total. The Bertz CT molecular complexity index is 623. The number of hydrogen-bond acceptors (Lipinski definition) is 3. The fourth-order valence-corrected chi connectivity index (χ4v) is 4.17. The van der Waals surface area contributed by atoms with Gasteiger partial charge in [0.25, 0.3) is 0 Å². The summed E-state index contributed by atoms with van der Waals surface area (Å²) in [7, 11) is -3.39. The third kappa shape index (κ3) is 5.21. The molecule has 0 spiro atoms. The van der Waals surface area contributed by atoms with Crippen LogP contribution in [0.25, 0.3) is 0 Å². The second-order valence-corrected chi connectivity index (χ2v) is 8.01. The van der Waals surface area contributed by atoms with Gasteiger partial charge in [0.15, 0.2) is 0 Å². The lowest BCUT2D eigenvalue weighted by molar-refractivity contribution is 0.240. The standard InChI is InChI=1S/C17H27N3O3S/c1-2-3-11-18-17(21)19-14-15-7-9-16(10-8-15)24(22,23)20-12-5-4-6-13-20/h7-10H,2-6,11-14H2,1H3,(H2,18,19,21). The summed E-state index contributed by atoms with van der Waals surface area (Å²) in [5.74, 6) is 0. The van der Waals surface area contributed by atoms with Gasteiger partial charge in [-0.1, -0.05) is 31.9 Å². The Hall–Kier alpha value is -1.60. The minimum Gasteiger partial charge on any atom is -0.338 e. The normalized spacial score (nSPS) is 15.9. The number of carbonyl (C=O) groups excluding carboxylic acids is 1. The van der Waals surface area contributed by atoms with Gasteiger partial charge in [0.05, 0.1) is 4.90 Å². The van der Waals surface area contributed by atoms with Gasteiger partial charge in [0, 0.05) is 26.2 Å². The molecule has 0 radical (unpaired) electrons. The van der Waals surface area contributed by atoms with E-state index in [1.807, 2.05) is 0 Å². The van der Waals surface area contributed by atoms with E-state index in [2.05, 4.69) is 17.6 Å². The third-order valence-electron chi connectivity index (χ3n) is 4.15. The van der Waals surface area contributed by atoms with Gasteiger partial charge < -0.3 is 10.6 Å². The number of carbonyl (C=O) groups is 1. The maximum absolute atomic E-state index is 12.6. The molecule has 1 aromatic carbocycles. The summed E-state index contributed by atoms with van der Waals surface area (Å²) >= 11 is 0. The average molecular weight is 353 g/mol. The van der Waals surface area contributed by atoms with E-state index in [1.165, 1.54) is 0 Å². The Labute approximate surface area is 144 Å². The smallest absolute Gasteiger partial charge is 0.315 e. The number of sulfonamides is 1. The van der Waals surface area contributed by atoms with E-state index in [1.54, 1.807) is 28.6 Å². The lowest BCUT2D eigenvalue weighted by Gasteiger charge is -2.25. The molecule has 0 unspecified atom stereocenters. The lowest BCUT2D eigenvalue weighted by Crippen LogP contribution is -2.36. The van der Waals surface area contributed by atoms with Crippen LogP contribution in [0.2, 0.25) is 0 Å². The van der Waals surface area contributed by atoms with E-state index < -0.39 is 10.0 Å². The summed E-state index contributed by atoms with van der Waals surface area (Å²) in [5.41, 5.74) is 0.873. The van der Waals surface area contributed by atoms with E-state index in [0.29, 0.717) is 31.1 Å². The van der Waals surface area contributed by atoms with Crippen LogP contribution in [-0.4, -0.2) is 38.4 Å². The topological polar surface area (TPSA) is 78.5 Å². The molecular formula is C17H27N3O3S. The van der Waals surface area contributed by atoms with Crippen molar-refractivity contribution in [3.63, 3.8) is 0 Å². The van der Waals surface area contributed by atoms with Crippen LogP contribution in [0, 0.1) is 0 Å². The van der Waals surface area contributed by atoms with E-state index in [0.717, 1.165) is 37.7 Å². The second kappa shape index (κ2) is 9.03. The predicted molar refractivity (Wildman–Crippen MR) is 94.2 cm³/mol. The van der Waals surface area contributed by atoms with Crippen molar-refractivity contribution >= 4 is 16.1 Å². The summed E-state index contributed by atoms with van der Waals surface area (Å²) in [5, 5.41) is 5.55. The quantitative estimate of drug-likeness (QED) is 0.739. The largest absolute Gasteiger partial charge is 0.338 e. The van der Waals surface area contributed by atoms with Crippen LogP contribution < -0.4 is 10.6 Å². The number of nitrogens with one attached hydrogen (secondary N) is 2. The van der Waals surface area contributed by atoms with Gasteiger partial charge in [-0.15, -0.1) is 0 Å². The highest BCUT2D eigenvalue weighted by atomic mass is 32.2. The molecule has 1 aliphatic heterocycles. The van der Waals surface area contributed by atoms with E-state index in [-0.39, 0.29) is 6.03 Å². The highest BCUT2D eigenvalue weighted by Gasteiger charge is 2.25. The molecule has 0 aliphatic carbocycles. The van der Waals surface area contributed by atoms with Gasteiger partial charge >= 0.3 is 6.03 Å². The third-order valence-corrected chi connectivity index (χ3v) is 6.06. The van der Waals surface area contributed by atoms with Crippen molar-refractivity contribution in [1.29, 1.82) is 0 Å². The Balaban J connectivity index is 1.89. The summed E-state index contributed by atoms with van der Waals surface area (Å²) in [6.45, 7) is 4.31. The molecule has 0 bridgehead atoms. The van der Waals surface area contributed by atoms with Crippen molar-refractivity contribution in [2.75, 3.05) is 19.6 Å². The fourth-order valence-electron chi connectivity index (χ4n) is 2.66. The molecule has 2 N–H and O–H groups in total. The zero-order valence-electron chi connectivity index (χ0n) is 14.3. The number of hydrogen-bond donors (Lipinski definition) is 2. The van der Waals surface area contributed by atoms with E-state index >= 15 is 0 Å². The molecule has 1 aliphatic rings. The SMILES string of the molecule is CCCCNC(=O)NCc1ccc(S(=O)(=O)N2CCCCC2)cc1. The first-order valence-corrected chi connectivity index (χ1v) is 10.1. The first kappa shape index (κ1) is 18.7. The first-order valence-electron chi connectivity index (χ1n) is 8.65. The molecule has 1 aromatic rings. The Morgan fingerprint density at radius 1 is 1.08 bits per heavy atom. The zero-order chi connectivity index (χ0) is 17.4. The van der Waals surface area contributed by atoms with Gasteiger partial charge in [-0.3, -0.25) is 0 Å².